The Labute approximate surface area is 130 Å². The van der Waals surface area contributed by atoms with Crippen LogP contribution in [0.1, 0.15) is 32.3 Å². The van der Waals surface area contributed by atoms with Crippen molar-refractivity contribution < 1.29 is 13.9 Å². The number of amides is 1. The van der Waals surface area contributed by atoms with Gasteiger partial charge in [-0.2, -0.15) is 0 Å². The van der Waals surface area contributed by atoms with Crippen molar-refractivity contribution in [1.29, 1.82) is 0 Å². The molecule has 0 heterocycles. The first-order valence-corrected chi connectivity index (χ1v) is 7.29. The van der Waals surface area contributed by atoms with E-state index in [2.05, 4.69) is 19.2 Å². The van der Waals surface area contributed by atoms with Crippen molar-refractivity contribution >= 4 is 11.6 Å². The lowest BCUT2D eigenvalue weighted by molar-refractivity contribution is -0.122. The summed E-state index contributed by atoms with van der Waals surface area (Å²) in [5.74, 6) is 0.404. The van der Waals surface area contributed by atoms with Crippen molar-refractivity contribution in [2.75, 3.05) is 5.32 Å². The van der Waals surface area contributed by atoms with Gasteiger partial charge in [0, 0.05) is 5.69 Å². The fraction of sp³-hybridized carbons (Fsp3) is 0.278. The summed E-state index contributed by atoms with van der Waals surface area (Å²) >= 11 is 0. The van der Waals surface area contributed by atoms with Crippen LogP contribution in [0.5, 0.6) is 5.75 Å². The molecular weight excluding hydrogens is 281 g/mol. The number of carbonyl (C=O) groups is 1. The third-order valence-electron chi connectivity index (χ3n) is 3.33. The quantitative estimate of drug-likeness (QED) is 0.891. The SMILES string of the molecule is CC(Oc1ccccc1C(C)C)C(=O)Nc1ccc(F)cc1. The highest BCUT2D eigenvalue weighted by molar-refractivity contribution is 5.94. The Morgan fingerprint density at radius 1 is 1.05 bits per heavy atom. The molecular formula is C18H20FNO2. The van der Waals surface area contributed by atoms with E-state index in [9.17, 15) is 9.18 Å². The van der Waals surface area contributed by atoms with Crippen LogP contribution in [-0.2, 0) is 4.79 Å². The van der Waals surface area contributed by atoms with Crippen molar-refractivity contribution in [1.82, 2.24) is 0 Å². The second-order valence-corrected chi connectivity index (χ2v) is 5.45. The fourth-order valence-electron chi connectivity index (χ4n) is 2.09. The summed E-state index contributed by atoms with van der Waals surface area (Å²) in [6, 6.07) is 13.3. The molecule has 0 saturated carbocycles. The monoisotopic (exact) mass is 301 g/mol. The van der Waals surface area contributed by atoms with Crippen LogP contribution < -0.4 is 10.1 Å². The zero-order valence-corrected chi connectivity index (χ0v) is 13.0. The molecule has 1 atom stereocenters. The van der Waals surface area contributed by atoms with Gasteiger partial charge in [0.2, 0.25) is 0 Å². The minimum absolute atomic E-state index is 0.273. The molecule has 0 aromatic heterocycles. The number of hydrogen-bond acceptors (Lipinski definition) is 2. The molecule has 1 amide bonds. The molecule has 0 radical (unpaired) electrons. The van der Waals surface area contributed by atoms with E-state index in [0.717, 1.165) is 5.56 Å². The molecule has 0 aliphatic heterocycles. The summed E-state index contributed by atoms with van der Waals surface area (Å²) in [7, 11) is 0. The van der Waals surface area contributed by atoms with Crippen molar-refractivity contribution in [2.24, 2.45) is 0 Å². The Morgan fingerprint density at radius 3 is 2.32 bits per heavy atom. The number of para-hydroxylation sites is 1. The number of anilines is 1. The number of rotatable bonds is 5. The molecule has 1 unspecified atom stereocenters. The topological polar surface area (TPSA) is 38.3 Å². The molecule has 0 spiro atoms. The maximum absolute atomic E-state index is 12.9. The largest absolute Gasteiger partial charge is 0.481 e. The number of benzene rings is 2. The first-order chi connectivity index (χ1) is 10.5. The van der Waals surface area contributed by atoms with Gasteiger partial charge in [-0.1, -0.05) is 32.0 Å². The van der Waals surface area contributed by atoms with E-state index in [1.807, 2.05) is 24.3 Å². The third-order valence-corrected chi connectivity index (χ3v) is 3.33. The molecule has 4 heteroatoms. The molecule has 22 heavy (non-hydrogen) atoms. The van der Waals surface area contributed by atoms with Crippen LogP contribution in [0.2, 0.25) is 0 Å². The maximum atomic E-state index is 12.9. The normalized spacial score (nSPS) is 12.0. The van der Waals surface area contributed by atoms with Crippen molar-refractivity contribution in [3.8, 4) is 5.75 Å². The molecule has 0 saturated heterocycles. The van der Waals surface area contributed by atoms with E-state index in [1.165, 1.54) is 24.3 Å². The van der Waals surface area contributed by atoms with Gasteiger partial charge < -0.3 is 10.1 Å². The Hall–Kier alpha value is -2.36. The Balaban J connectivity index is 2.04. The lowest BCUT2D eigenvalue weighted by Gasteiger charge is -2.18. The minimum atomic E-state index is -0.648. The standard InChI is InChI=1S/C18H20FNO2/c1-12(2)16-6-4-5-7-17(16)22-13(3)18(21)20-15-10-8-14(19)9-11-15/h4-13H,1-3H3,(H,20,21). The van der Waals surface area contributed by atoms with Crippen molar-refractivity contribution in [3.63, 3.8) is 0 Å². The highest BCUT2D eigenvalue weighted by Crippen LogP contribution is 2.26. The van der Waals surface area contributed by atoms with Gasteiger partial charge in [-0.25, -0.2) is 4.39 Å². The van der Waals surface area contributed by atoms with Crippen LogP contribution in [0, 0.1) is 5.82 Å². The van der Waals surface area contributed by atoms with E-state index in [1.54, 1.807) is 6.92 Å². The van der Waals surface area contributed by atoms with E-state index >= 15 is 0 Å². The highest BCUT2D eigenvalue weighted by Gasteiger charge is 2.17. The molecule has 0 aliphatic carbocycles. The average molecular weight is 301 g/mol. The van der Waals surface area contributed by atoms with E-state index in [4.69, 9.17) is 4.74 Å². The fourth-order valence-corrected chi connectivity index (χ4v) is 2.09. The molecule has 116 valence electrons. The molecule has 0 aliphatic rings. The lowest BCUT2D eigenvalue weighted by Crippen LogP contribution is -2.30. The molecule has 0 fully saturated rings. The lowest BCUT2D eigenvalue weighted by atomic mass is 10.0. The summed E-state index contributed by atoms with van der Waals surface area (Å²) in [6.45, 7) is 5.84. The predicted octanol–water partition coefficient (Wildman–Crippen LogP) is 4.36. The Kier molecular flexibility index (Phi) is 5.15. The first-order valence-electron chi connectivity index (χ1n) is 7.29. The van der Waals surface area contributed by atoms with E-state index in [0.29, 0.717) is 17.4 Å². The van der Waals surface area contributed by atoms with E-state index in [-0.39, 0.29) is 11.7 Å². The van der Waals surface area contributed by atoms with Crippen LogP contribution in [0.4, 0.5) is 10.1 Å². The predicted molar refractivity (Wildman–Crippen MR) is 85.7 cm³/mol. The van der Waals surface area contributed by atoms with Gasteiger partial charge in [0.25, 0.3) is 5.91 Å². The van der Waals surface area contributed by atoms with Crippen LogP contribution in [0.25, 0.3) is 0 Å². The van der Waals surface area contributed by atoms with Crippen LogP contribution in [0.3, 0.4) is 0 Å². The molecule has 2 rings (SSSR count). The second kappa shape index (κ2) is 7.07. The van der Waals surface area contributed by atoms with Crippen LogP contribution >= 0.6 is 0 Å². The number of carbonyl (C=O) groups excluding carboxylic acids is 1. The van der Waals surface area contributed by atoms with Crippen LogP contribution in [-0.4, -0.2) is 12.0 Å². The first kappa shape index (κ1) is 16.0. The number of ether oxygens (including phenoxy) is 1. The average Bonchev–Trinajstić information content (AvgIpc) is 2.49. The van der Waals surface area contributed by atoms with Gasteiger partial charge in [-0.15, -0.1) is 0 Å². The van der Waals surface area contributed by atoms with Gasteiger partial charge in [-0.3, -0.25) is 4.79 Å². The second-order valence-electron chi connectivity index (χ2n) is 5.45. The summed E-state index contributed by atoms with van der Waals surface area (Å²) in [4.78, 5) is 12.2. The van der Waals surface area contributed by atoms with Crippen LogP contribution in [0.15, 0.2) is 48.5 Å². The third kappa shape index (κ3) is 4.07. The summed E-state index contributed by atoms with van der Waals surface area (Å²) in [6.07, 6.45) is -0.648. The van der Waals surface area contributed by atoms with Crippen molar-refractivity contribution in [2.45, 2.75) is 32.8 Å². The van der Waals surface area contributed by atoms with Gasteiger partial charge in [0.1, 0.15) is 11.6 Å². The minimum Gasteiger partial charge on any atom is -0.481 e. The van der Waals surface area contributed by atoms with Gasteiger partial charge in [-0.05, 0) is 48.7 Å². The zero-order chi connectivity index (χ0) is 16.1. The molecule has 0 bridgehead atoms. The summed E-state index contributed by atoms with van der Waals surface area (Å²) in [5.41, 5.74) is 1.60. The number of halogens is 1. The smallest absolute Gasteiger partial charge is 0.265 e. The Morgan fingerprint density at radius 2 is 1.68 bits per heavy atom. The summed E-state index contributed by atoms with van der Waals surface area (Å²) < 4.78 is 18.6. The Bertz CT molecular complexity index is 638. The van der Waals surface area contributed by atoms with Crippen molar-refractivity contribution in [3.05, 3.63) is 59.9 Å². The zero-order valence-electron chi connectivity index (χ0n) is 13.0. The highest BCUT2D eigenvalue weighted by atomic mass is 19.1. The molecule has 2 aromatic rings. The molecule has 2 aromatic carbocycles. The number of nitrogens with one attached hydrogen (secondary N) is 1. The van der Waals surface area contributed by atoms with Gasteiger partial charge in [0.15, 0.2) is 6.10 Å². The maximum Gasteiger partial charge on any atom is 0.265 e. The van der Waals surface area contributed by atoms with E-state index < -0.39 is 6.10 Å². The molecule has 1 N–H and O–H groups in total. The summed E-state index contributed by atoms with van der Waals surface area (Å²) in [5, 5.41) is 2.71. The number of hydrogen-bond donors (Lipinski definition) is 1. The van der Waals surface area contributed by atoms with Gasteiger partial charge >= 0.3 is 0 Å². The van der Waals surface area contributed by atoms with Gasteiger partial charge in [0.05, 0.1) is 0 Å². The molecule has 3 nitrogen and oxygen atoms in total.